The van der Waals surface area contributed by atoms with Crippen LogP contribution in [0.15, 0.2) is 18.2 Å². The van der Waals surface area contributed by atoms with Crippen molar-refractivity contribution < 1.29 is 14.2 Å². The Morgan fingerprint density at radius 3 is 2.75 bits per heavy atom. The van der Waals surface area contributed by atoms with Gasteiger partial charge < -0.3 is 15.6 Å². The number of rotatable bonds is 3. The van der Waals surface area contributed by atoms with Crippen LogP contribution in [-0.2, 0) is 5.41 Å². The first kappa shape index (κ1) is 11.4. The highest BCUT2D eigenvalue weighted by molar-refractivity contribution is 5.37. The van der Waals surface area contributed by atoms with Crippen LogP contribution in [0.2, 0.25) is 0 Å². The number of aliphatic hydroxyl groups is 1. The Labute approximate surface area is 94.0 Å². The lowest BCUT2D eigenvalue weighted by molar-refractivity contribution is 0.0220. The van der Waals surface area contributed by atoms with E-state index in [1.54, 1.807) is 12.1 Å². The zero-order valence-corrected chi connectivity index (χ0v) is 9.24. The summed E-state index contributed by atoms with van der Waals surface area (Å²) < 4.78 is 18.2. The van der Waals surface area contributed by atoms with E-state index < -0.39 is 0 Å². The van der Waals surface area contributed by atoms with Crippen LogP contribution in [0.3, 0.4) is 0 Å². The van der Waals surface area contributed by atoms with Gasteiger partial charge in [-0.3, -0.25) is 0 Å². The van der Waals surface area contributed by atoms with Crippen molar-refractivity contribution in [3.63, 3.8) is 0 Å². The molecule has 0 spiro atoms. The molecule has 1 aromatic rings. The van der Waals surface area contributed by atoms with E-state index in [-0.39, 0.29) is 23.1 Å². The van der Waals surface area contributed by atoms with Crippen molar-refractivity contribution in [3.8, 4) is 5.75 Å². The van der Waals surface area contributed by atoms with Crippen molar-refractivity contribution in [1.82, 2.24) is 0 Å². The Morgan fingerprint density at radius 2 is 2.25 bits per heavy atom. The van der Waals surface area contributed by atoms with E-state index in [1.807, 2.05) is 0 Å². The van der Waals surface area contributed by atoms with Gasteiger partial charge in [0.1, 0.15) is 0 Å². The third-order valence-electron chi connectivity index (χ3n) is 3.41. The first-order valence-electron chi connectivity index (χ1n) is 5.33. The van der Waals surface area contributed by atoms with Crippen LogP contribution in [0.25, 0.3) is 0 Å². The maximum absolute atomic E-state index is 13.3. The quantitative estimate of drug-likeness (QED) is 0.812. The van der Waals surface area contributed by atoms with Gasteiger partial charge in [0.2, 0.25) is 0 Å². The van der Waals surface area contributed by atoms with Gasteiger partial charge >= 0.3 is 0 Å². The third kappa shape index (κ3) is 1.68. The summed E-state index contributed by atoms with van der Waals surface area (Å²) in [6.07, 6.45) is 0.982. The van der Waals surface area contributed by atoms with E-state index in [0.717, 1.165) is 5.56 Å². The van der Waals surface area contributed by atoms with Crippen LogP contribution in [0.1, 0.15) is 18.4 Å². The van der Waals surface area contributed by atoms with E-state index in [2.05, 4.69) is 0 Å². The smallest absolute Gasteiger partial charge is 0.165 e. The van der Waals surface area contributed by atoms with Gasteiger partial charge in [0.05, 0.1) is 13.2 Å². The van der Waals surface area contributed by atoms with Crippen molar-refractivity contribution in [2.24, 2.45) is 5.73 Å². The van der Waals surface area contributed by atoms with Gasteiger partial charge in [-0.05, 0) is 30.5 Å². The van der Waals surface area contributed by atoms with Gasteiger partial charge in [-0.1, -0.05) is 6.07 Å². The lowest BCUT2D eigenvalue weighted by atomic mass is 9.63. The van der Waals surface area contributed by atoms with Gasteiger partial charge in [0.15, 0.2) is 11.6 Å². The molecule has 0 heterocycles. The topological polar surface area (TPSA) is 55.5 Å². The summed E-state index contributed by atoms with van der Waals surface area (Å²) in [5.74, 6) is -0.148. The first-order chi connectivity index (χ1) is 7.61. The normalized spacial score (nSPS) is 28.6. The van der Waals surface area contributed by atoms with Crippen LogP contribution in [-0.4, -0.2) is 24.9 Å². The Kier molecular flexibility index (Phi) is 2.86. The molecule has 1 aromatic carbocycles. The van der Waals surface area contributed by atoms with Crippen LogP contribution < -0.4 is 10.5 Å². The summed E-state index contributed by atoms with van der Waals surface area (Å²) in [6.45, 7) is 0.457. The molecule has 3 nitrogen and oxygen atoms in total. The maximum Gasteiger partial charge on any atom is 0.165 e. The molecule has 4 heteroatoms. The van der Waals surface area contributed by atoms with Crippen molar-refractivity contribution in [2.45, 2.75) is 24.4 Å². The van der Waals surface area contributed by atoms with E-state index in [4.69, 9.17) is 10.5 Å². The van der Waals surface area contributed by atoms with Crippen molar-refractivity contribution in [1.29, 1.82) is 0 Å². The fraction of sp³-hybridized carbons (Fsp3) is 0.500. The van der Waals surface area contributed by atoms with E-state index in [1.165, 1.54) is 13.2 Å². The summed E-state index contributed by atoms with van der Waals surface area (Å²) in [5, 5.41) is 9.40. The van der Waals surface area contributed by atoms with Gasteiger partial charge in [-0.2, -0.15) is 0 Å². The molecule has 1 aliphatic rings. The molecule has 0 bridgehead atoms. The van der Waals surface area contributed by atoms with Crippen molar-refractivity contribution in [2.75, 3.05) is 13.7 Å². The van der Waals surface area contributed by atoms with Gasteiger partial charge in [0, 0.05) is 12.0 Å². The van der Waals surface area contributed by atoms with Crippen LogP contribution in [0.4, 0.5) is 4.39 Å². The monoisotopic (exact) mass is 225 g/mol. The molecule has 1 saturated carbocycles. The SMILES string of the molecule is COc1cc(C2(CN)CC(O)C2)ccc1F. The highest BCUT2D eigenvalue weighted by atomic mass is 19.1. The molecule has 0 unspecified atom stereocenters. The number of hydrogen-bond donors (Lipinski definition) is 2. The number of aliphatic hydroxyl groups excluding tert-OH is 1. The summed E-state index contributed by atoms with van der Waals surface area (Å²) in [7, 11) is 1.44. The fourth-order valence-electron chi connectivity index (χ4n) is 2.35. The van der Waals surface area contributed by atoms with Crippen LogP contribution in [0.5, 0.6) is 5.75 Å². The number of hydrogen-bond acceptors (Lipinski definition) is 3. The standard InChI is InChI=1S/C12H16FNO2/c1-16-11-4-8(2-3-10(11)13)12(7-14)5-9(15)6-12/h2-4,9,15H,5-7,14H2,1H3. The molecule has 3 N–H and O–H groups in total. The molecule has 0 amide bonds. The molecule has 0 aliphatic heterocycles. The fourth-order valence-corrected chi connectivity index (χ4v) is 2.35. The summed E-state index contributed by atoms with van der Waals surface area (Å²) in [5.41, 5.74) is 6.48. The van der Waals surface area contributed by atoms with E-state index >= 15 is 0 Å². The number of ether oxygens (including phenoxy) is 1. The molecule has 16 heavy (non-hydrogen) atoms. The minimum Gasteiger partial charge on any atom is -0.494 e. The zero-order valence-electron chi connectivity index (χ0n) is 9.24. The predicted molar refractivity (Wildman–Crippen MR) is 58.9 cm³/mol. The number of benzene rings is 1. The highest BCUT2D eigenvalue weighted by Gasteiger charge is 2.44. The first-order valence-corrected chi connectivity index (χ1v) is 5.33. The molecule has 0 radical (unpaired) electrons. The largest absolute Gasteiger partial charge is 0.494 e. The van der Waals surface area contributed by atoms with Crippen molar-refractivity contribution >= 4 is 0 Å². The average molecular weight is 225 g/mol. The Bertz CT molecular complexity index is 389. The zero-order chi connectivity index (χ0) is 11.8. The Hall–Kier alpha value is -1.13. The summed E-state index contributed by atoms with van der Waals surface area (Å²) in [6, 6.07) is 4.78. The molecule has 1 aliphatic carbocycles. The second kappa shape index (κ2) is 4.03. The van der Waals surface area contributed by atoms with Gasteiger partial charge in [-0.15, -0.1) is 0 Å². The lowest BCUT2D eigenvalue weighted by Gasteiger charge is -2.45. The average Bonchev–Trinajstić information content (AvgIpc) is 2.25. The highest BCUT2D eigenvalue weighted by Crippen LogP contribution is 2.44. The third-order valence-corrected chi connectivity index (χ3v) is 3.41. The summed E-state index contributed by atoms with van der Waals surface area (Å²) in [4.78, 5) is 0. The maximum atomic E-state index is 13.3. The molecule has 0 atom stereocenters. The number of methoxy groups -OCH3 is 1. The molecule has 0 saturated heterocycles. The lowest BCUT2D eigenvalue weighted by Crippen LogP contribution is -2.49. The van der Waals surface area contributed by atoms with Gasteiger partial charge in [-0.25, -0.2) is 4.39 Å². The minimum absolute atomic E-state index is 0.208. The molecule has 1 fully saturated rings. The Morgan fingerprint density at radius 1 is 1.56 bits per heavy atom. The minimum atomic E-state index is -0.377. The molecular weight excluding hydrogens is 209 g/mol. The van der Waals surface area contributed by atoms with Crippen LogP contribution >= 0.6 is 0 Å². The Balaban J connectivity index is 2.33. The van der Waals surface area contributed by atoms with Crippen LogP contribution in [0, 0.1) is 5.82 Å². The molecule has 2 rings (SSSR count). The number of nitrogens with two attached hydrogens (primary N) is 1. The molecular formula is C12H16FNO2. The molecule has 88 valence electrons. The van der Waals surface area contributed by atoms with E-state index in [9.17, 15) is 9.50 Å². The van der Waals surface area contributed by atoms with Crippen molar-refractivity contribution in [3.05, 3.63) is 29.6 Å². The van der Waals surface area contributed by atoms with Gasteiger partial charge in [0.25, 0.3) is 0 Å². The number of halogens is 1. The second-order valence-corrected chi connectivity index (χ2v) is 4.40. The summed E-state index contributed by atoms with van der Waals surface area (Å²) >= 11 is 0. The second-order valence-electron chi connectivity index (χ2n) is 4.40. The molecule has 0 aromatic heterocycles. The van der Waals surface area contributed by atoms with E-state index in [0.29, 0.717) is 19.4 Å². The predicted octanol–water partition coefficient (Wildman–Crippen LogP) is 1.19.